The maximum atomic E-state index is 8.25. The van der Waals surface area contributed by atoms with Gasteiger partial charge in [0.05, 0.1) is 5.09 Å². The maximum absolute atomic E-state index is 8.25. The van der Waals surface area contributed by atoms with Gasteiger partial charge in [-0.15, -0.1) is 0 Å². The van der Waals surface area contributed by atoms with Crippen LogP contribution in [0.5, 0.6) is 0 Å². The van der Waals surface area contributed by atoms with Crippen LogP contribution in [0.15, 0.2) is 0 Å². The molecule has 0 heterocycles. The van der Waals surface area contributed by atoms with E-state index in [2.05, 4.69) is 0 Å². The standard InChI is InChI=1S/CH4.Ag.NO3/c;;2-1(3)4/h1H4;;/q;+1;-1. The summed E-state index contributed by atoms with van der Waals surface area (Å²) in [7, 11) is 0. The van der Waals surface area contributed by atoms with Crippen LogP contribution < -0.4 is 0 Å². The Morgan fingerprint density at radius 2 is 1.33 bits per heavy atom. The monoisotopic (exact) mass is 185 g/mol. The van der Waals surface area contributed by atoms with Crippen molar-refractivity contribution < 1.29 is 27.5 Å². The van der Waals surface area contributed by atoms with Gasteiger partial charge in [0.1, 0.15) is 0 Å². The maximum Gasteiger partial charge on any atom is 1.00 e. The molecule has 0 fully saturated rings. The zero-order chi connectivity index (χ0) is 3.58. The Morgan fingerprint density at radius 1 is 1.33 bits per heavy atom. The largest absolute Gasteiger partial charge is 1.00 e. The van der Waals surface area contributed by atoms with Gasteiger partial charge >= 0.3 is 22.4 Å². The SMILES string of the molecule is C.O=[N+]([O-])[O-].[Ag+]. The first kappa shape index (κ1) is 16.8. The average Bonchev–Trinajstić information content (AvgIpc) is 0.811. The molecular weight excluding hydrogens is 182 g/mol. The third kappa shape index (κ3) is 9540. The summed E-state index contributed by atoms with van der Waals surface area (Å²) < 4.78 is 0. The molecule has 6 heavy (non-hydrogen) atoms. The summed E-state index contributed by atoms with van der Waals surface area (Å²) in [6, 6.07) is 0. The van der Waals surface area contributed by atoms with Gasteiger partial charge in [0.15, 0.2) is 0 Å². The number of nitrogens with zero attached hydrogens (tertiary/aromatic N) is 1. The second kappa shape index (κ2) is 8.87. The zero-order valence-electron chi connectivity index (χ0n) is 1.97. The van der Waals surface area contributed by atoms with E-state index >= 15 is 0 Å². The van der Waals surface area contributed by atoms with Gasteiger partial charge in [0, 0.05) is 0 Å². The molecule has 0 unspecified atom stereocenters. The number of rotatable bonds is 0. The predicted molar refractivity (Wildman–Crippen MR) is 17.1 cm³/mol. The fourth-order valence-corrected chi connectivity index (χ4v) is 0. The molecule has 0 aromatic carbocycles. The predicted octanol–water partition coefficient (Wildman–Crippen LogP) is 0.394. The van der Waals surface area contributed by atoms with E-state index < -0.39 is 5.09 Å². The molecular formula is CH4AgNO3. The summed E-state index contributed by atoms with van der Waals surface area (Å²) in [4.78, 5) is 8.25. The molecule has 0 rings (SSSR count). The van der Waals surface area contributed by atoms with Crippen LogP contribution >= 0.6 is 0 Å². The molecule has 0 amide bonds. The van der Waals surface area contributed by atoms with E-state index in [1.54, 1.807) is 0 Å². The smallest absolute Gasteiger partial charge is 0.356 e. The van der Waals surface area contributed by atoms with Crippen molar-refractivity contribution >= 4 is 0 Å². The molecule has 0 aromatic heterocycles. The molecule has 0 aromatic rings. The van der Waals surface area contributed by atoms with Gasteiger partial charge in [-0.25, -0.2) is 0 Å². The van der Waals surface area contributed by atoms with Crippen LogP contribution in [0.3, 0.4) is 0 Å². The fraction of sp³-hybridized carbons (Fsp3) is 1.00. The molecule has 0 aliphatic heterocycles. The average molecular weight is 186 g/mol. The van der Waals surface area contributed by atoms with E-state index in [1.807, 2.05) is 0 Å². The number of hydrogen-bond acceptors (Lipinski definition) is 3. The van der Waals surface area contributed by atoms with Gasteiger partial charge in [-0.3, -0.25) is 0 Å². The molecule has 0 atom stereocenters. The van der Waals surface area contributed by atoms with Crippen LogP contribution in [-0.2, 0) is 22.4 Å². The van der Waals surface area contributed by atoms with E-state index in [4.69, 9.17) is 15.3 Å². The first-order chi connectivity index (χ1) is 1.73. The minimum atomic E-state index is -1.75. The summed E-state index contributed by atoms with van der Waals surface area (Å²) in [5, 5.41) is 14.8. The van der Waals surface area contributed by atoms with Crippen molar-refractivity contribution in [3.63, 3.8) is 0 Å². The van der Waals surface area contributed by atoms with E-state index in [0.717, 1.165) is 0 Å². The Bertz CT molecular complexity index is 33.8. The van der Waals surface area contributed by atoms with Crippen LogP contribution in [0, 0.1) is 15.3 Å². The molecule has 0 aliphatic rings. The fourth-order valence-electron chi connectivity index (χ4n) is 0. The van der Waals surface area contributed by atoms with Gasteiger partial charge in [-0.05, 0) is 0 Å². The molecule has 4 nitrogen and oxygen atoms in total. The Labute approximate surface area is 50.8 Å². The van der Waals surface area contributed by atoms with Crippen molar-refractivity contribution in [3.8, 4) is 0 Å². The molecule has 0 radical (unpaired) electrons. The Morgan fingerprint density at radius 3 is 1.33 bits per heavy atom. The Balaban J connectivity index is -0.0000000450. The van der Waals surface area contributed by atoms with Crippen molar-refractivity contribution in [1.82, 2.24) is 0 Å². The van der Waals surface area contributed by atoms with E-state index in [9.17, 15) is 0 Å². The first-order valence-corrected chi connectivity index (χ1v) is 0.548. The minimum Gasteiger partial charge on any atom is -0.356 e. The van der Waals surface area contributed by atoms with Crippen molar-refractivity contribution in [2.45, 2.75) is 7.43 Å². The van der Waals surface area contributed by atoms with E-state index in [1.165, 1.54) is 0 Å². The number of hydrogen-bond donors (Lipinski definition) is 0. The van der Waals surface area contributed by atoms with Crippen LogP contribution in [0.4, 0.5) is 0 Å². The molecule has 5 heteroatoms. The summed E-state index contributed by atoms with van der Waals surface area (Å²) in [5.74, 6) is 0. The Kier molecular flexibility index (Phi) is 24.8. The van der Waals surface area contributed by atoms with E-state index in [0.29, 0.717) is 0 Å². The normalized spacial score (nSPS) is 4.00. The van der Waals surface area contributed by atoms with Crippen LogP contribution in [0.1, 0.15) is 7.43 Å². The Hall–Kier alpha value is -0.0597. The summed E-state index contributed by atoms with van der Waals surface area (Å²) in [5.41, 5.74) is 0. The van der Waals surface area contributed by atoms with Crippen molar-refractivity contribution in [1.29, 1.82) is 0 Å². The van der Waals surface area contributed by atoms with Crippen LogP contribution in [0.2, 0.25) is 0 Å². The van der Waals surface area contributed by atoms with Crippen molar-refractivity contribution in [3.05, 3.63) is 15.3 Å². The van der Waals surface area contributed by atoms with Crippen LogP contribution in [0.25, 0.3) is 0 Å². The van der Waals surface area contributed by atoms with E-state index in [-0.39, 0.29) is 29.8 Å². The second-order valence-corrected chi connectivity index (χ2v) is 0.224. The summed E-state index contributed by atoms with van der Waals surface area (Å²) >= 11 is 0. The summed E-state index contributed by atoms with van der Waals surface area (Å²) in [6.45, 7) is 0. The molecule has 0 aliphatic carbocycles. The molecule has 0 bridgehead atoms. The van der Waals surface area contributed by atoms with Crippen LogP contribution in [-0.4, -0.2) is 5.09 Å². The quantitative estimate of drug-likeness (QED) is 0.312. The third-order valence-corrected chi connectivity index (χ3v) is 0. The zero-order valence-corrected chi connectivity index (χ0v) is 3.46. The van der Waals surface area contributed by atoms with Gasteiger partial charge in [-0.2, -0.15) is 0 Å². The minimum absolute atomic E-state index is 0. The molecule has 0 saturated carbocycles. The first-order valence-electron chi connectivity index (χ1n) is 0.548. The molecule has 42 valence electrons. The molecule has 0 N–H and O–H groups in total. The van der Waals surface area contributed by atoms with Gasteiger partial charge in [-0.1, -0.05) is 7.43 Å². The van der Waals surface area contributed by atoms with Crippen molar-refractivity contribution in [2.75, 3.05) is 0 Å². The van der Waals surface area contributed by atoms with Gasteiger partial charge in [0.25, 0.3) is 0 Å². The topological polar surface area (TPSA) is 66.2 Å². The molecule has 0 spiro atoms. The molecule has 0 saturated heterocycles. The summed E-state index contributed by atoms with van der Waals surface area (Å²) in [6.07, 6.45) is 0. The third-order valence-electron chi connectivity index (χ3n) is 0. The van der Waals surface area contributed by atoms with Crippen molar-refractivity contribution in [2.24, 2.45) is 0 Å². The van der Waals surface area contributed by atoms with Gasteiger partial charge in [0.2, 0.25) is 0 Å². The second-order valence-electron chi connectivity index (χ2n) is 0.224. The van der Waals surface area contributed by atoms with Gasteiger partial charge < -0.3 is 15.3 Å².